The van der Waals surface area contributed by atoms with Crippen molar-refractivity contribution in [2.24, 2.45) is 0 Å². The lowest BCUT2D eigenvalue weighted by Gasteiger charge is -2.00. The zero-order valence-electron chi connectivity index (χ0n) is 7.57. The summed E-state index contributed by atoms with van der Waals surface area (Å²) in [6.45, 7) is 8.65. The summed E-state index contributed by atoms with van der Waals surface area (Å²) < 4.78 is 0. The Bertz CT molecular complexity index is 138. The van der Waals surface area contributed by atoms with Crippen molar-refractivity contribution in [1.82, 2.24) is 0 Å². The van der Waals surface area contributed by atoms with Crippen LogP contribution in [0.15, 0.2) is 23.3 Å². The summed E-state index contributed by atoms with van der Waals surface area (Å²) in [6.07, 6.45) is 6.75. The monoisotopic (exact) mass is 138 g/mol. The highest BCUT2D eigenvalue weighted by Gasteiger charge is 1.89. The molecule has 0 bridgehead atoms. The van der Waals surface area contributed by atoms with Crippen molar-refractivity contribution in [3.8, 4) is 0 Å². The second kappa shape index (κ2) is 5.28. The molecule has 0 heterocycles. The van der Waals surface area contributed by atoms with Gasteiger partial charge in [0.15, 0.2) is 0 Å². The van der Waals surface area contributed by atoms with Crippen molar-refractivity contribution < 1.29 is 0 Å². The zero-order chi connectivity index (χ0) is 7.98. The van der Waals surface area contributed by atoms with Crippen molar-refractivity contribution in [2.45, 2.75) is 40.5 Å². The Balaban J connectivity index is 4.04. The molecule has 10 heavy (non-hydrogen) atoms. The van der Waals surface area contributed by atoms with E-state index in [1.807, 2.05) is 0 Å². The van der Waals surface area contributed by atoms with Crippen molar-refractivity contribution in [3.63, 3.8) is 0 Å². The maximum absolute atomic E-state index is 2.21. The van der Waals surface area contributed by atoms with Crippen LogP contribution in [0.2, 0.25) is 0 Å². The average Bonchev–Trinajstić information content (AvgIpc) is 1.89. The van der Waals surface area contributed by atoms with Gasteiger partial charge in [0.2, 0.25) is 0 Å². The highest BCUT2D eigenvalue weighted by atomic mass is 14.0. The molecule has 0 nitrogen and oxygen atoms in total. The van der Waals surface area contributed by atoms with E-state index in [-0.39, 0.29) is 0 Å². The molecule has 0 radical (unpaired) electrons. The second-order valence-electron chi connectivity index (χ2n) is 2.71. The average molecular weight is 138 g/mol. The van der Waals surface area contributed by atoms with Gasteiger partial charge in [0, 0.05) is 0 Å². The largest absolute Gasteiger partial charge is 0.0874 e. The number of rotatable bonds is 3. The zero-order valence-corrected chi connectivity index (χ0v) is 7.57. The van der Waals surface area contributed by atoms with Crippen LogP contribution in [-0.2, 0) is 0 Å². The van der Waals surface area contributed by atoms with Crippen molar-refractivity contribution in [2.75, 3.05) is 0 Å². The van der Waals surface area contributed by atoms with Gasteiger partial charge in [0.05, 0.1) is 0 Å². The predicted octanol–water partition coefficient (Wildman–Crippen LogP) is 3.70. The van der Waals surface area contributed by atoms with Crippen molar-refractivity contribution in [1.29, 1.82) is 0 Å². The third-order valence-electron chi connectivity index (χ3n) is 1.71. The minimum Gasteiger partial charge on any atom is -0.0874 e. The van der Waals surface area contributed by atoms with Gasteiger partial charge in [0.25, 0.3) is 0 Å². The van der Waals surface area contributed by atoms with Crippen molar-refractivity contribution in [3.05, 3.63) is 23.3 Å². The molecular formula is C10H18. The van der Waals surface area contributed by atoms with Gasteiger partial charge in [-0.05, 0) is 27.2 Å². The summed E-state index contributed by atoms with van der Waals surface area (Å²) in [4.78, 5) is 0. The minimum absolute atomic E-state index is 1.23. The Morgan fingerprint density at radius 1 is 1.30 bits per heavy atom. The quantitative estimate of drug-likeness (QED) is 0.522. The van der Waals surface area contributed by atoms with Crippen LogP contribution in [0.5, 0.6) is 0 Å². The van der Waals surface area contributed by atoms with Crippen LogP contribution < -0.4 is 0 Å². The van der Waals surface area contributed by atoms with E-state index >= 15 is 0 Å². The van der Waals surface area contributed by atoms with Gasteiger partial charge in [-0.1, -0.05) is 36.6 Å². The second-order valence-corrected chi connectivity index (χ2v) is 2.71. The summed E-state index contributed by atoms with van der Waals surface area (Å²) in [5, 5.41) is 0. The molecular weight excluding hydrogens is 120 g/mol. The molecule has 0 spiro atoms. The lowest BCUT2D eigenvalue weighted by Crippen LogP contribution is -1.79. The van der Waals surface area contributed by atoms with Crippen molar-refractivity contribution >= 4 is 0 Å². The molecule has 58 valence electrons. The topological polar surface area (TPSA) is 0 Å². The van der Waals surface area contributed by atoms with Crippen LogP contribution in [0.25, 0.3) is 0 Å². The van der Waals surface area contributed by atoms with Gasteiger partial charge in [-0.15, -0.1) is 0 Å². The van der Waals surface area contributed by atoms with Gasteiger partial charge in [0.1, 0.15) is 0 Å². The molecule has 0 amide bonds. The smallest absolute Gasteiger partial charge is 0.0320 e. The van der Waals surface area contributed by atoms with E-state index in [2.05, 4.69) is 39.8 Å². The van der Waals surface area contributed by atoms with Crippen LogP contribution in [0.3, 0.4) is 0 Å². The van der Waals surface area contributed by atoms with Crippen LogP contribution in [0, 0.1) is 0 Å². The SMILES string of the molecule is CC=CC(C)=C(C)CCC. The van der Waals surface area contributed by atoms with Gasteiger partial charge in [-0.3, -0.25) is 0 Å². The summed E-state index contributed by atoms with van der Waals surface area (Å²) in [7, 11) is 0. The summed E-state index contributed by atoms with van der Waals surface area (Å²) in [5.41, 5.74) is 2.94. The van der Waals surface area contributed by atoms with Crippen LogP contribution in [0.1, 0.15) is 40.5 Å². The van der Waals surface area contributed by atoms with Crippen LogP contribution in [-0.4, -0.2) is 0 Å². The van der Waals surface area contributed by atoms with Gasteiger partial charge >= 0.3 is 0 Å². The molecule has 0 saturated heterocycles. The van der Waals surface area contributed by atoms with Gasteiger partial charge in [-0.25, -0.2) is 0 Å². The normalized spacial score (nSPS) is 14.0. The Labute approximate surface area is 64.6 Å². The summed E-state index contributed by atoms with van der Waals surface area (Å²) >= 11 is 0. The van der Waals surface area contributed by atoms with E-state index in [0.717, 1.165) is 0 Å². The first-order valence-electron chi connectivity index (χ1n) is 4.01. The first-order valence-corrected chi connectivity index (χ1v) is 4.01. The third-order valence-corrected chi connectivity index (χ3v) is 1.71. The fraction of sp³-hybridized carbons (Fsp3) is 0.600. The van der Waals surface area contributed by atoms with E-state index in [4.69, 9.17) is 0 Å². The lowest BCUT2D eigenvalue weighted by molar-refractivity contribution is 0.895. The van der Waals surface area contributed by atoms with Crippen LogP contribution >= 0.6 is 0 Å². The Kier molecular flexibility index (Phi) is 5.00. The first kappa shape index (κ1) is 9.48. The minimum atomic E-state index is 1.23. The third kappa shape index (κ3) is 3.49. The molecule has 0 aliphatic rings. The maximum atomic E-state index is 2.21. The molecule has 0 rings (SSSR count). The predicted molar refractivity (Wildman–Crippen MR) is 48.1 cm³/mol. The molecule has 0 saturated carbocycles. The molecule has 0 N–H and O–H groups in total. The fourth-order valence-corrected chi connectivity index (χ4v) is 0.964. The first-order chi connectivity index (χ1) is 4.72. The lowest BCUT2D eigenvalue weighted by atomic mass is 10.1. The Hall–Kier alpha value is -0.520. The molecule has 0 aromatic heterocycles. The van der Waals surface area contributed by atoms with E-state index < -0.39 is 0 Å². The number of hydrogen-bond acceptors (Lipinski definition) is 0. The fourth-order valence-electron chi connectivity index (χ4n) is 0.964. The molecule has 0 aromatic carbocycles. The van der Waals surface area contributed by atoms with E-state index in [0.29, 0.717) is 0 Å². The molecule has 0 aliphatic heterocycles. The van der Waals surface area contributed by atoms with Gasteiger partial charge < -0.3 is 0 Å². The Morgan fingerprint density at radius 2 is 1.90 bits per heavy atom. The molecule has 0 atom stereocenters. The Morgan fingerprint density at radius 3 is 2.30 bits per heavy atom. The highest BCUT2D eigenvalue weighted by molar-refractivity contribution is 5.21. The summed E-state index contributed by atoms with van der Waals surface area (Å²) in [5.74, 6) is 0. The van der Waals surface area contributed by atoms with E-state index in [1.54, 1.807) is 0 Å². The summed E-state index contributed by atoms with van der Waals surface area (Å²) in [6, 6.07) is 0. The maximum Gasteiger partial charge on any atom is -0.0320 e. The molecule has 0 aromatic rings. The van der Waals surface area contributed by atoms with E-state index in [9.17, 15) is 0 Å². The highest BCUT2D eigenvalue weighted by Crippen LogP contribution is 2.10. The molecule has 0 aliphatic carbocycles. The molecule has 0 heteroatoms. The van der Waals surface area contributed by atoms with E-state index in [1.165, 1.54) is 24.0 Å². The molecule has 0 fully saturated rings. The number of allylic oxidation sites excluding steroid dienone is 4. The van der Waals surface area contributed by atoms with Gasteiger partial charge in [-0.2, -0.15) is 0 Å². The number of hydrogen-bond donors (Lipinski definition) is 0. The molecule has 0 unspecified atom stereocenters. The van der Waals surface area contributed by atoms with Crippen LogP contribution in [0.4, 0.5) is 0 Å². The standard InChI is InChI=1S/C10H18/c1-5-7-9(3)10(4)8-6-2/h5,7H,6,8H2,1-4H3.